The third-order valence-corrected chi connectivity index (χ3v) is 4.88. The van der Waals surface area contributed by atoms with Gasteiger partial charge >= 0.3 is 5.97 Å². The van der Waals surface area contributed by atoms with Crippen LogP contribution in [0.1, 0.15) is 19.3 Å². The molecule has 0 saturated heterocycles. The maximum Gasteiger partial charge on any atom is 0.324 e. The van der Waals surface area contributed by atoms with E-state index in [2.05, 4.69) is 4.72 Å². The van der Waals surface area contributed by atoms with Crippen molar-refractivity contribution in [3.63, 3.8) is 0 Å². The van der Waals surface area contributed by atoms with Crippen LogP contribution in [0, 0.1) is 10.1 Å². The van der Waals surface area contributed by atoms with E-state index in [9.17, 15) is 23.3 Å². The normalized spacial score (nSPS) is 17.2. The van der Waals surface area contributed by atoms with Gasteiger partial charge in [0.05, 0.1) is 4.92 Å². The maximum atomic E-state index is 12.2. The summed E-state index contributed by atoms with van der Waals surface area (Å²) in [5.41, 5.74) is -2.14. The third-order valence-electron chi connectivity index (χ3n) is 3.30. The van der Waals surface area contributed by atoms with Gasteiger partial charge in [-0.05, 0) is 25.3 Å². The number of hydrogen-bond acceptors (Lipinski definition) is 5. The molecule has 0 amide bonds. The molecular weight excluding hydrogens is 288 g/mol. The smallest absolute Gasteiger partial charge is 0.324 e. The van der Waals surface area contributed by atoms with Crippen molar-refractivity contribution in [2.45, 2.75) is 29.7 Å². The molecule has 2 rings (SSSR count). The van der Waals surface area contributed by atoms with Crippen molar-refractivity contribution in [1.29, 1.82) is 0 Å². The molecule has 1 aromatic carbocycles. The number of carboxylic acid groups (broad SMARTS) is 1. The number of hydrogen-bond donors (Lipinski definition) is 2. The summed E-state index contributed by atoms with van der Waals surface area (Å²) < 4.78 is 26.5. The van der Waals surface area contributed by atoms with Gasteiger partial charge < -0.3 is 5.11 Å². The Morgan fingerprint density at radius 3 is 2.40 bits per heavy atom. The number of aliphatic carboxylic acids is 1. The summed E-state index contributed by atoms with van der Waals surface area (Å²) in [5, 5.41) is 20.0. The van der Waals surface area contributed by atoms with Gasteiger partial charge in [0.15, 0.2) is 4.90 Å². The summed E-state index contributed by atoms with van der Waals surface area (Å²) >= 11 is 0. The number of nitro benzene ring substituents is 1. The second-order valence-corrected chi connectivity index (χ2v) is 6.22. The molecule has 20 heavy (non-hydrogen) atoms. The average Bonchev–Trinajstić information content (AvgIpc) is 2.33. The van der Waals surface area contributed by atoms with Crippen LogP contribution in [-0.4, -0.2) is 30.0 Å². The van der Waals surface area contributed by atoms with Gasteiger partial charge in [0.2, 0.25) is 10.0 Å². The molecule has 0 aromatic heterocycles. The van der Waals surface area contributed by atoms with Gasteiger partial charge in [0.1, 0.15) is 5.54 Å². The highest BCUT2D eigenvalue weighted by Gasteiger charge is 2.48. The fourth-order valence-corrected chi connectivity index (χ4v) is 3.63. The zero-order valence-corrected chi connectivity index (χ0v) is 11.1. The van der Waals surface area contributed by atoms with Crippen LogP contribution in [0.25, 0.3) is 0 Å². The van der Waals surface area contributed by atoms with Crippen molar-refractivity contribution in [3.8, 4) is 0 Å². The molecule has 2 N–H and O–H groups in total. The van der Waals surface area contributed by atoms with Gasteiger partial charge in [-0.3, -0.25) is 14.9 Å². The first-order valence-corrected chi connectivity index (χ1v) is 7.28. The average molecular weight is 300 g/mol. The van der Waals surface area contributed by atoms with Gasteiger partial charge in [-0.1, -0.05) is 12.1 Å². The number of carbonyl (C=O) groups is 1. The minimum absolute atomic E-state index is 0.169. The van der Waals surface area contributed by atoms with Crippen molar-refractivity contribution in [3.05, 3.63) is 34.4 Å². The highest BCUT2D eigenvalue weighted by atomic mass is 32.2. The summed E-state index contributed by atoms with van der Waals surface area (Å²) in [4.78, 5) is 20.7. The molecule has 0 heterocycles. The number of para-hydroxylation sites is 1. The molecule has 108 valence electrons. The second kappa shape index (κ2) is 4.84. The Hall–Kier alpha value is -2.00. The molecule has 9 heteroatoms. The summed E-state index contributed by atoms with van der Waals surface area (Å²) in [6.07, 6.45) is 0.927. The molecule has 8 nitrogen and oxygen atoms in total. The lowest BCUT2D eigenvalue weighted by Crippen LogP contribution is -2.58. The van der Waals surface area contributed by atoms with Crippen molar-refractivity contribution in [1.82, 2.24) is 4.72 Å². The quantitative estimate of drug-likeness (QED) is 0.614. The van der Waals surface area contributed by atoms with Crippen LogP contribution in [0.5, 0.6) is 0 Å². The first-order valence-electron chi connectivity index (χ1n) is 5.79. The van der Waals surface area contributed by atoms with E-state index in [-0.39, 0.29) is 12.8 Å². The monoisotopic (exact) mass is 300 g/mol. The Bertz CT molecular complexity index is 665. The number of rotatable bonds is 5. The van der Waals surface area contributed by atoms with Crippen LogP contribution in [-0.2, 0) is 14.8 Å². The molecular formula is C11H12N2O6S. The minimum atomic E-state index is -4.27. The van der Waals surface area contributed by atoms with E-state index in [0.29, 0.717) is 6.42 Å². The standard InChI is InChI=1S/C11H12N2O6S/c14-10(15)11(6-3-7-11)12-20(18,19)9-5-2-1-4-8(9)13(16)17/h1-2,4-5,12H,3,6-7H2,(H,14,15). The van der Waals surface area contributed by atoms with Crippen LogP contribution in [0.2, 0.25) is 0 Å². The highest BCUT2D eigenvalue weighted by molar-refractivity contribution is 7.89. The van der Waals surface area contributed by atoms with E-state index in [1.807, 2.05) is 0 Å². The number of benzene rings is 1. The lowest BCUT2D eigenvalue weighted by atomic mass is 9.78. The molecule has 1 aromatic rings. The molecule has 0 aliphatic heterocycles. The summed E-state index contributed by atoms with van der Waals surface area (Å²) in [5.74, 6) is -1.27. The first kappa shape index (κ1) is 14.4. The molecule has 0 unspecified atom stereocenters. The predicted molar refractivity (Wildman–Crippen MR) is 67.6 cm³/mol. The number of nitro groups is 1. The van der Waals surface area contributed by atoms with Gasteiger partial charge in [0.25, 0.3) is 5.69 Å². The zero-order chi connectivity index (χ0) is 15.0. The maximum absolute atomic E-state index is 12.2. The summed E-state index contributed by atoms with van der Waals surface area (Å²) in [7, 11) is -4.27. The second-order valence-electron chi connectivity index (χ2n) is 4.57. The molecule has 1 aliphatic carbocycles. The first-order chi connectivity index (χ1) is 9.28. The van der Waals surface area contributed by atoms with Crippen molar-refractivity contribution >= 4 is 21.7 Å². The van der Waals surface area contributed by atoms with E-state index in [1.165, 1.54) is 12.1 Å². The molecule has 0 radical (unpaired) electrons. The fraction of sp³-hybridized carbons (Fsp3) is 0.364. The molecule has 0 spiro atoms. The van der Waals surface area contributed by atoms with Gasteiger partial charge in [-0.25, -0.2) is 8.42 Å². The van der Waals surface area contributed by atoms with Crippen LogP contribution >= 0.6 is 0 Å². The van der Waals surface area contributed by atoms with Crippen LogP contribution in [0.15, 0.2) is 29.2 Å². The molecule has 0 atom stereocenters. The fourth-order valence-electron chi connectivity index (χ4n) is 2.04. The Balaban J connectivity index is 2.42. The minimum Gasteiger partial charge on any atom is -0.480 e. The summed E-state index contributed by atoms with van der Waals surface area (Å²) in [6.45, 7) is 0. The lowest BCUT2D eigenvalue weighted by molar-refractivity contribution is -0.387. The van der Waals surface area contributed by atoms with Gasteiger partial charge in [-0.2, -0.15) is 4.72 Å². The van der Waals surface area contributed by atoms with Crippen LogP contribution in [0.3, 0.4) is 0 Å². The van der Waals surface area contributed by atoms with E-state index in [4.69, 9.17) is 5.11 Å². The van der Waals surface area contributed by atoms with E-state index < -0.39 is 37.0 Å². The largest absolute Gasteiger partial charge is 0.480 e. The highest BCUT2D eigenvalue weighted by Crippen LogP contribution is 2.34. The molecule has 0 bridgehead atoms. The number of carboxylic acids is 1. The van der Waals surface area contributed by atoms with Crippen molar-refractivity contribution in [2.24, 2.45) is 0 Å². The lowest BCUT2D eigenvalue weighted by Gasteiger charge is -2.37. The van der Waals surface area contributed by atoms with Gasteiger partial charge in [-0.15, -0.1) is 0 Å². The Labute approximate surface area is 114 Å². The van der Waals surface area contributed by atoms with Crippen molar-refractivity contribution in [2.75, 3.05) is 0 Å². The number of nitrogens with zero attached hydrogens (tertiary/aromatic N) is 1. The SMILES string of the molecule is O=C(O)C1(NS(=O)(=O)c2ccccc2[N+](=O)[O-])CCC1. The Morgan fingerprint density at radius 1 is 1.35 bits per heavy atom. The van der Waals surface area contributed by atoms with E-state index in [0.717, 1.165) is 12.1 Å². The number of nitrogens with one attached hydrogen (secondary N) is 1. The van der Waals surface area contributed by atoms with Crippen LogP contribution < -0.4 is 4.72 Å². The third kappa shape index (κ3) is 2.37. The molecule has 1 fully saturated rings. The number of sulfonamides is 1. The van der Waals surface area contributed by atoms with E-state index in [1.54, 1.807) is 0 Å². The van der Waals surface area contributed by atoms with Crippen molar-refractivity contribution < 1.29 is 23.2 Å². The van der Waals surface area contributed by atoms with E-state index >= 15 is 0 Å². The molecule has 1 aliphatic rings. The Morgan fingerprint density at radius 2 is 1.95 bits per heavy atom. The molecule has 1 saturated carbocycles. The van der Waals surface area contributed by atoms with Crippen LogP contribution in [0.4, 0.5) is 5.69 Å². The van der Waals surface area contributed by atoms with Gasteiger partial charge in [0, 0.05) is 6.07 Å². The zero-order valence-electron chi connectivity index (χ0n) is 10.3. The summed E-state index contributed by atoms with van der Waals surface area (Å²) in [6, 6.07) is 4.82. The Kier molecular flexibility index (Phi) is 3.48. The predicted octanol–water partition coefficient (Wildman–Crippen LogP) is 0.880. The topological polar surface area (TPSA) is 127 Å².